The average Bonchev–Trinajstić information content (AvgIpc) is 3.08. The summed E-state index contributed by atoms with van der Waals surface area (Å²) < 4.78 is 15.8. The number of hydrogen-bond donors (Lipinski definition) is 0. The highest BCUT2D eigenvalue weighted by molar-refractivity contribution is 6.43. The normalized spacial score (nSPS) is 12.3. The summed E-state index contributed by atoms with van der Waals surface area (Å²) in [6.07, 6.45) is 0. The molecule has 0 fully saturated rings. The van der Waals surface area contributed by atoms with E-state index in [9.17, 15) is 4.79 Å². The van der Waals surface area contributed by atoms with Crippen molar-refractivity contribution in [3.8, 4) is 11.5 Å². The molecule has 2 aromatic carbocycles. The number of nitrogens with zero attached hydrogens (tertiary/aromatic N) is 1. The molecule has 1 aliphatic heterocycles. The van der Waals surface area contributed by atoms with E-state index in [1.54, 1.807) is 30.2 Å². The van der Waals surface area contributed by atoms with Crippen LogP contribution in [0.5, 0.6) is 11.5 Å². The molecule has 5 nitrogen and oxygen atoms in total. The van der Waals surface area contributed by atoms with Gasteiger partial charge in [-0.1, -0.05) is 35.3 Å². The van der Waals surface area contributed by atoms with E-state index < -0.39 is 0 Å². The molecule has 1 aliphatic rings. The van der Waals surface area contributed by atoms with Crippen LogP contribution in [0, 0.1) is 0 Å². The second-order valence-corrected chi connectivity index (χ2v) is 6.29. The molecule has 0 saturated carbocycles. The first-order chi connectivity index (χ1) is 12.1. The third-order valence-electron chi connectivity index (χ3n) is 3.84. The van der Waals surface area contributed by atoms with Crippen molar-refractivity contribution >= 4 is 29.1 Å². The lowest BCUT2D eigenvalue weighted by Crippen LogP contribution is -2.33. The molecule has 0 unspecified atom stereocenters. The molecule has 1 heterocycles. The second kappa shape index (κ2) is 7.95. The van der Waals surface area contributed by atoms with E-state index >= 15 is 0 Å². The molecule has 0 bridgehead atoms. The van der Waals surface area contributed by atoms with Gasteiger partial charge in [0.1, 0.15) is 0 Å². The molecule has 7 heteroatoms. The van der Waals surface area contributed by atoms with Gasteiger partial charge in [0.05, 0.1) is 22.2 Å². The van der Waals surface area contributed by atoms with Crippen LogP contribution in [0.1, 0.15) is 15.9 Å². The monoisotopic (exact) mass is 381 g/mol. The maximum atomic E-state index is 12.9. The number of halogens is 2. The Kier molecular flexibility index (Phi) is 5.68. The van der Waals surface area contributed by atoms with Gasteiger partial charge in [-0.25, -0.2) is 0 Å². The van der Waals surface area contributed by atoms with Crippen molar-refractivity contribution in [3.63, 3.8) is 0 Å². The van der Waals surface area contributed by atoms with Crippen LogP contribution in [-0.4, -0.2) is 37.9 Å². The minimum atomic E-state index is -0.206. The summed E-state index contributed by atoms with van der Waals surface area (Å²) >= 11 is 12.2. The van der Waals surface area contributed by atoms with Gasteiger partial charge in [-0.3, -0.25) is 4.79 Å². The van der Waals surface area contributed by atoms with E-state index in [4.69, 9.17) is 37.4 Å². The molecule has 2 aromatic rings. The first kappa shape index (κ1) is 17.9. The second-order valence-electron chi connectivity index (χ2n) is 5.51. The number of carbonyl (C=O) groups is 1. The fourth-order valence-electron chi connectivity index (χ4n) is 2.55. The van der Waals surface area contributed by atoms with Gasteiger partial charge in [-0.2, -0.15) is 0 Å². The summed E-state index contributed by atoms with van der Waals surface area (Å²) in [6, 6.07) is 10.6. The van der Waals surface area contributed by atoms with Crippen LogP contribution in [0.4, 0.5) is 0 Å². The number of rotatable bonds is 6. The zero-order valence-corrected chi connectivity index (χ0v) is 15.1. The molecule has 132 valence electrons. The fourth-order valence-corrected chi connectivity index (χ4v) is 2.93. The molecule has 0 spiro atoms. The van der Waals surface area contributed by atoms with Crippen molar-refractivity contribution in [2.75, 3.05) is 27.1 Å². The Morgan fingerprint density at radius 3 is 2.80 bits per heavy atom. The first-order valence-corrected chi connectivity index (χ1v) is 8.46. The van der Waals surface area contributed by atoms with Gasteiger partial charge in [0.15, 0.2) is 11.5 Å². The van der Waals surface area contributed by atoms with Crippen molar-refractivity contribution in [2.45, 2.75) is 6.54 Å². The lowest BCUT2D eigenvalue weighted by atomic mass is 10.1. The standard InChI is InChI=1S/C18H17Cl2NO4/c1-23-8-7-21(18(22)13-3-2-4-14(19)17(13)20)10-12-5-6-15-16(9-12)25-11-24-15/h2-6,9H,7-8,10-11H2,1H3. The first-order valence-electron chi connectivity index (χ1n) is 7.71. The van der Waals surface area contributed by atoms with Crippen molar-refractivity contribution in [2.24, 2.45) is 0 Å². The summed E-state index contributed by atoms with van der Waals surface area (Å²) in [5.41, 5.74) is 1.29. The van der Waals surface area contributed by atoms with Gasteiger partial charge in [0, 0.05) is 20.2 Å². The van der Waals surface area contributed by atoms with Crippen LogP contribution in [0.25, 0.3) is 0 Å². The predicted octanol–water partition coefficient (Wildman–Crippen LogP) is 4.01. The van der Waals surface area contributed by atoms with E-state index in [1.807, 2.05) is 18.2 Å². The minimum Gasteiger partial charge on any atom is -0.454 e. The van der Waals surface area contributed by atoms with E-state index in [-0.39, 0.29) is 17.7 Å². The Labute approximate surface area is 156 Å². The zero-order chi connectivity index (χ0) is 17.8. The Morgan fingerprint density at radius 1 is 1.20 bits per heavy atom. The van der Waals surface area contributed by atoms with E-state index in [0.29, 0.717) is 41.8 Å². The topological polar surface area (TPSA) is 48.0 Å². The van der Waals surface area contributed by atoms with E-state index in [0.717, 1.165) is 5.56 Å². The van der Waals surface area contributed by atoms with Crippen LogP contribution >= 0.6 is 23.2 Å². The molecule has 0 aromatic heterocycles. The lowest BCUT2D eigenvalue weighted by Gasteiger charge is -2.23. The summed E-state index contributed by atoms with van der Waals surface area (Å²) in [7, 11) is 1.59. The number of methoxy groups -OCH3 is 1. The molecule has 0 saturated heterocycles. The summed E-state index contributed by atoms with van der Waals surface area (Å²) in [4.78, 5) is 14.6. The van der Waals surface area contributed by atoms with Crippen LogP contribution in [0.2, 0.25) is 10.0 Å². The van der Waals surface area contributed by atoms with Gasteiger partial charge in [-0.15, -0.1) is 0 Å². The van der Waals surface area contributed by atoms with E-state index in [1.165, 1.54) is 0 Å². The van der Waals surface area contributed by atoms with Gasteiger partial charge in [0.25, 0.3) is 5.91 Å². The predicted molar refractivity (Wildman–Crippen MR) is 95.6 cm³/mol. The maximum Gasteiger partial charge on any atom is 0.255 e. The quantitative estimate of drug-likeness (QED) is 0.758. The van der Waals surface area contributed by atoms with Gasteiger partial charge in [0.2, 0.25) is 6.79 Å². The fraction of sp³-hybridized carbons (Fsp3) is 0.278. The Bertz CT molecular complexity index is 782. The molecule has 3 rings (SSSR count). The number of ether oxygens (including phenoxy) is 3. The number of amides is 1. The minimum absolute atomic E-state index is 0.206. The SMILES string of the molecule is COCCN(Cc1ccc2c(c1)OCO2)C(=O)c1cccc(Cl)c1Cl. The summed E-state index contributed by atoms with van der Waals surface area (Å²) in [6.45, 7) is 1.44. The van der Waals surface area contributed by atoms with E-state index in [2.05, 4.69) is 0 Å². The maximum absolute atomic E-state index is 12.9. The van der Waals surface area contributed by atoms with Gasteiger partial charge >= 0.3 is 0 Å². The Hall–Kier alpha value is -1.95. The third kappa shape index (κ3) is 4.00. The van der Waals surface area contributed by atoms with Crippen molar-refractivity contribution in [1.82, 2.24) is 4.90 Å². The lowest BCUT2D eigenvalue weighted by molar-refractivity contribution is 0.0680. The molecule has 0 atom stereocenters. The Morgan fingerprint density at radius 2 is 2.00 bits per heavy atom. The average molecular weight is 382 g/mol. The van der Waals surface area contributed by atoms with Crippen molar-refractivity contribution in [3.05, 3.63) is 57.6 Å². The smallest absolute Gasteiger partial charge is 0.255 e. The summed E-state index contributed by atoms with van der Waals surface area (Å²) in [5, 5.41) is 0.601. The molecular weight excluding hydrogens is 365 g/mol. The zero-order valence-electron chi connectivity index (χ0n) is 13.6. The van der Waals surface area contributed by atoms with Gasteiger partial charge < -0.3 is 19.1 Å². The highest BCUT2D eigenvalue weighted by Crippen LogP contribution is 2.33. The number of benzene rings is 2. The molecule has 0 aliphatic carbocycles. The highest BCUT2D eigenvalue weighted by atomic mass is 35.5. The highest BCUT2D eigenvalue weighted by Gasteiger charge is 2.21. The molecule has 25 heavy (non-hydrogen) atoms. The largest absolute Gasteiger partial charge is 0.454 e. The molecule has 1 amide bonds. The number of hydrogen-bond acceptors (Lipinski definition) is 4. The Balaban J connectivity index is 1.84. The third-order valence-corrected chi connectivity index (χ3v) is 4.66. The van der Waals surface area contributed by atoms with Gasteiger partial charge in [-0.05, 0) is 29.8 Å². The van der Waals surface area contributed by atoms with Crippen molar-refractivity contribution in [1.29, 1.82) is 0 Å². The molecule has 0 N–H and O–H groups in total. The van der Waals surface area contributed by atoms with Crippen molar-refractivity contribution < 1.29 is 19.0 Å². The van der Waals surface area contributed by atoms with Crippen LogP contribution < -0.4 is 9.47 Å². The number of carbonyl (C=O) groups excluding carboxylic acids is 1. The van der Waals surface area contributed by atoms with Crippen LogP contribution in [-0.2, 0) is 11.3 Å². The molecule has 0 radical (unpaired) electrons. The number of fused-ring (bicyclic) bond motifs is 1. The molecular formula is C18H17Cl2NO4. The van der Waals surface area contributed by atoms with Crippen LogP contribution in [0.3, 0.4) is 0 Å². The van der Waals surface area contributed by atoms with Crippen LogP contribution in [0.15, 0.2) is 36.4 Å². The summed E-state index contributed by atoms with van der Waals surface area (Å²) in [5.74, 6) is 1.18.